The van der Waals surface area contributed by atoms with E-state index >= 15 is 0 Å². The van der Waals surface area contributed by atoms with Gasteiger partial charge in [-0.1, -0.05) is 32.4 Å². The van der Waals surface area contributed by atoms with Crippen molar-refractivity contribution >= 4 is 11.4 Å². The van der Waals surface area contributed by atoms with E-state index in [-0.39, 0.29) is 12.0 Å². The fourth-order valence-corrected chi connectivity index (χ4v) is 3.00. The molecule has 1 aromatic rings. The van der Waals surface area contributed by atoms with E-state index in [0.717, 1.165) is 32.5 Å². The lowest BCUT2D eigenvalue weighted by Crippen LogP contribution is -2.45. The third kappa shape index (κ3) is 3.03. The molecule has 1 aromatic carbocycles. The van der Waals surface area contributed by atoms with Crippen molar-refractivity contribution in [2.75, 3.05) is 43.1 Å². The molecule has 0 bridgehead atoms. The van der Waals surface area contributed by atoms with E-state index in [4.69, 9.17) is 0 Å². The largest absolute Gasteiger partial charge is 0.396 e. The number of anilines is 2. The maximum atomic E-state index is 9.71. The first-order valence-corrected chi connectivity index (χ1v) is 7.25. The van der Waals surface area contributed by atoms with Gasteiger partial charge in [0.1, 0.15) is 0 Å². The Kier molecular flexibility index (Phi) is 4.35. The summed E-state index contributed by atoms with van der Waals surface area (Å²) in [5, 5.41) is 9.71. The number of aliphatic hydroxyl groups excluding tert-OH is 1. The van der Waals surface area contributed by atoms with E-state index in [9.17, 15) is 5.11 Å². The summed E-state index contributed by atoms with van der Waals surface area (Å²) in [6, 6.07) is 8.56. The Balaban J connectivity index is 2.20. The lowest BCUT2D eigenvalue weighted by atomic mass is 9.85. The van der Waals surface area contributed by atoms with Gasteiger partial charge in [-0.15, -0.1) is 0 Å². The van der Waals surface area contributed by atoms with Gasteiger partial charge in [0.25, 0.3) is 0 Å². The summed E-state index contributed by atoms with van der Waals surface area (Å²) < 4.78 is 0. The number of hydrogen-bond donors (Lipinski definition) is 1. The SMILES string of the molecule is CCCC(C)(CO)CN1CCN(C)c2ccccc21. The monoisotopic (exact) mass is 262 g/mol. The molecule has 106 valence electrons. The van der Waals surface area contributed by atoms with E-state index in [2.05, 4.69) is 55.0 Å². The van der Waals surface area contributed by atoms with Gasteiger partial charge < -0.3 is 14.9 Å². The maximum absolute atomic E-state index is 9.71. The Bertz CT molecular complexity index is 421. The molecule has 0 saturated carbocycles. The fraction of sp³-hybridized carbons (Fsp3) is 0.625. The summed E-state index contributed by atoms with van der Waals surface area (Å²) in [6.45, 7) is 7.65. The molecule has 19 heavy (non-hydrogen) atoms. The summed E-state index contributed by atoms with van der Waals surface area (Å²) in [5.74, 6) is 0. The number of hydrogen-bond acceptors (Lipinski definition) is 3. The van der Waals surface area contributed by atoms with Crippen LogP contribution in [-0.4, -0.2) is 38.4 Å². The number of likely N-dealkylation sites (N-methyl/N-ethyl adjacent to an activating group) is 1. The summed E-state index contributed by atoms with van der Waals surface area (Å²) >= 11 is 0. The number of fused-ring (bicyclic) bond motifs is 1. The van der Waals surface area contributed by atoms with Crippen LogP contribution in [0.3, 0.4) is 0 Å². The highest BCUT2D eigenvalue weighted by molar-refractivity contribution is 5.73. The summed E-state index contributed by atoms with van der Waals surface area (Å²) in [4.78, 5) is 4.74. The smallest absolute Gasteiger partial charge is 0.0604 e. The van der Waals surface area contributed by atoms with Crippen molar-refractivity contribution in [2.24, 2.45) is 5.41 Å². The zero-order valence-corrected chi connectivity index (χ0v) is 12.4. The standard InChI is InChI=1S/C16H26N2O/c1-4-9-16(2,13-19)12-18-11-10-17(3)14-7-5-6-8-15(14)18/h5-8,19H,4,9-13H2,1-3H3. The first-order chi connectivity index (χ1) is 9.09. The van der Waals surface area contributed by atoms with Crippen LogP contribution in [-0.2, 0) is 0 Å². The van der Waals surface area contributed by atoms with Crippen molar-refractivity contribution < 1.29 is 5.11 Å². The predicted molar refractivity (Wildman–Crippen MR) is 82.0 cm³/mol. The molecule has 1 heterocycles. The molecule has 3 nitrogen and oxygen atoms in total. The molecule has 2 rings (SSSR count). The molecule has 1 N–H and O–H groups in total. The number of nitrogens with zero attached hydrogens (tertiary/aromatic N) is 2. The van der Waals surface area contributed by atoms with Crippen LogP contribution in [0.2, 0.25) is 0 Å². The average Bonchev–Trinajstić information content (AvgIpc) is 2.43. The Morgan fingerprint density at radius 1 is 1.21 bits per heavy atom. The van der Waals surface area contributed by atoms with Gasteiger partial charge in [-0.25, -0.2) is 0 Å². The molecule has 1 aliphatic rings. The van der Waals surface area contributed by atoms with Crippen molar-refractivity contribution in [1.29, 1.82) is 0 Å². The molecule has 1 aliphatic heterocycles. The zero-order chi connectivity index (χ0) is 13.9. The van der Waals surface area contributed by atoms with Gasteiger partial charge in [-0.05, 0) is 18.6 Å². The number of benzene rings is 1. The molecule has 0 saturated heterocycles. The van der Waals surface area contributed by atoms with Crippen LogP contribution in [0.15, 0.2) is 24.3 Å². The van der Waals surface area contributed by atoms with Crippen LogP contribution in [0.4, 0.5) is 11.4 Å². The highest BCUT2D eigenvalue weighted by Gasteiger charge is 2.29. The molecule has 0 aromatic heterocycles. The lowest BCUT2D eigenvalue weighted by molar-refractivity contribution is 0.136. The van der Waals surface area contributed by atoms with E-state index in [1.807, 2.05) is 0 Å². The molecular formula is C16H26N2O. The van der Waals surface area contributed by atoms with Gasteiger partial charge in [0, 0.05) is 32.1 Å². The quantitative estimate of drug-likeness (QED) is 0.884. The number of rotatable bonds is 5. The third-order valence-corrected chi connectivity index (χ3v) is 4.15. The van der Waals surface area contributed by atoms with Gasteiger partial charge in [0.2, 0.25) is 0 Å². The molecule has 0 amide bonds. The molecule has 1 atom stereocenters. The van der Waals surface area contributed by atoms with Crippen LogP contribution in [0.5, 0.6) is 0 Å². The van der Waals surface area contributed by atoms with E-state index in [1.165, 1.54) is 11.4 Å². The zero-order valence-electron chi connectivity index (χ0n) is 12.4. The number of aliphatic hydroxyl groups is 1. The van der Waals surface area contributed by atoms with Gasteiger partial charge in [0.15, 0.2) is 0 Å². The average molecular weight is 262 g/mol. The van der Waals surface area contributed by atoms with E-state index < -0.39 is 0 Å². The Hall–Kier alpha value is -1.22. The summed E-state index contributed by atoms with van der Waals surface area (Å²) in [7, 11) is 2.15. The van der Waals surface area contributed by atoms with Crippen molar-refractivity contribution in [3.63, 3.8) is 0 Å². The van der Waals surface area contributed by atoms with Gasteiger partial charge in [-0.2, -0.15) is 0 Å². The third-order valence-electron chi connectivity index (χ3n) is 4.15. The van der Waals surface area contributed by atoms with Gasteiger partial charge >= 0.3 is 0 Å². The van der Waals surface area contributed by atoms with Gasteiger partial charge in [-0.3, -0.25) is 0 Å². The Labute approximate surface area is 116 Å². The molecule has 0 spiro atoms. The maximum Gasteiger partial charge on any atom is 0.0604 e. The molecule has 3 heteroatoms. The molecule has 1 unspecified atom stereocenters. The molecule has 0 aliphatic carbocycles. The summed E-state index contributed by atoms with van der Waals surface area (Å²) in [5.41, 5.74) is 2.59. The van der Waals surface area contributed by atoms with Crippen LogP contribution in [0, 0.1) is 5.41 Å². The minimum Gasteiger partial charge on any atom is -0.396 e. The second-order valence-electron chi connectivity index (χ2n) is 6.05. The van der Waals surface area contributed by atoms with E-state index in [1.54, 1.807) is 0 Å². The Morgan fingerprint density at radius 2 is 1.89 bits per heavy atom. The normalized spacial score (nSPS) is 18.1. The van der Waals surface area contributed by atoms with Crippen LogP contribution in [0.25, 0.3) is 0 Å². The highest BCUT2D eigenvalue weighted by Crippen LogP contribution is 2.35. The molecular weight excluding hydrogens is 236 g/mol. The minimum absolute atomic E-state index is 0.00221. The van der Waals surface area contributed by atoms with E-state index in [0.29, 0.717) is 0 Å². The highest BCUT2D eigenvalue weighted by atomic mass is 16.3. The van der Waals surface area contributed by atoms with Crippen LogP contribution in [0.1, 0.15) is 26.7 Å². The van der Waals surface area contributed by atoms with Crippen molar-refractivity contribution in [2.45, 2.75) is 26.7 Å². The topological polar surface area (TPSA) is 26.7 Å². The first kappa shape index (κ1) is 14.2. The van der Waals surface area contributed by atoms with Crippen molar-refractivity contribution in [3.8, 4) is 0 Å². The van der Waals surface area contributed by atoms with Crippen LogP contribution >= 0.6 is 0 Å². The minimum atomic E-state index is -0.00221. The predicted octanol–water partition coefficient (Wildman–Crippen LogP) is 2.74. The van der Waals surface area contributed by atoms with Crippen molar-refractivity contribution in [1.82, 2.24) is 0 Å². The lowest BCUT2D eigenvalue weighted by Gasteiger charge is -2.41. The second-order valence-corrected chi connectivity index (χ2v) is 6.05. The molecule has 0 fully saturated rings. The van der Waals surface area contributed by atoms with Crippen molar-refractivity contribution in [3.05, 3.63) is 24.3 Å². The molecule has 0 radical (unpaired) electrons. The first-order valence-electron chi connectivity index (χ1n) is 7.25. The second kappa shape index (κ2) is 5.83. The fourth-order valence-electron chi connectivity index (χ4n) is 3.00. The van der Waals surface area contributed by atoms with Gasteiger partial charge in [0.05, 0.1) is 18.0 Å². The van der Waals surface area contributed by atoms with Crippen LogP contribution < -0.4 is 9.80 Å². The Morgan fingerprint density at radius 3 is 2.53 bits per heavy atom. The summed E-state index contributed by atoms with van der Waals surface area (Å²) in [6.07, 6.45) is 2.18. The number of para-hydroxylation sites is 2.